The second-order valence-corrected chi connectivity index (χ2v) is 4.93. The van der Waals surface area contributed by atoms with Crippen LogP contribution in [0, 0.1) is 12.3 Å². The highest BCUT2D eigenvalue weighted by Crippen LogP contribution is 2.33. The number of rotatable bonds is 3. The SMILES string of the molecule is Cc1ccc(Oc2ccc(Cl)cc2Cl)c(C(=N)N)c1. The molecule has 0 heterocycles. The Hall–Kier alpha value is -1.71. The Kier molecular flexibility index (Phi) is 3.98. The summed E-state index contributed by atoms with van der Waals surface area (Å²) < 4.78 is 5.70. The third-order valence-corrected chi connectivity index (χ3v) is 3.07. The van der Waals surface area contributed by atoms with Crippen LogP contribution in [0.1, 0.15) is 11.1 Å². The van der Waals surface area contributed by atoms with Crippen LogP contribution in [0.5, 0.6) is 11.5 Å². The van der Waals surface area contributed by atoms with Gasteiger partial charge in [-0.25, -0.2) is 0 Å². The molecular weight excluding hydrogens is 283 g/mol. The van der Waals surface area contributed by atoms with Gasteiger partial charge in [-0.1, -0.05) is 34.8 Å². The highest BCUT2D eigenvalue weighted by Gasteiger charge is 2.10. The lowest BCUT2D eigenvalue weighted by Crippen LogP contribution is -2.12. The van der Waals surface area contributed by atoms with Gasteiger partial charge in [0.25, 0.3) is 0 Å². The van der Waals surface area contributed by atoms with Crippen LogP contribution in [0.4, 0.5) is 0 Å². The van der Waals surface area contributed by atoms with Crippen LogP contribution in [0.15, 0.2) is 36.4 Å². The van der Waals surface area contributed by atoms with Gasteiger partial charge in [0.2, 0.25) is 0 Å². The van der Waals surface area contributed by atoms with E-state index in [0.717, 1.165) is 5.56 Å². The summed E-state index contributed by atoms with van der Waals surface area (Å²) in [5, 5.41) is 8.51. The van der Waals surface area contributed by atoms with Gasteiger partial charge < -0.3 is 10.5 Å². The van der Waals surface area contributed by atoms with Gasteiger partial charge in [-0.05, 0) is 37.3 Å². The molecule has 3 nitrogen and oxygen atoms in total. The summed E-state index contributed by atoms with van der Waals surface area (Å²) in [4.78, 5) is 0. The van der Waals surface area contributed by atoms with Crippen molar-refractivity contribution in [1.29, 1.82) is 5.41 Å². The van der Waals surface area contributed by atoms with Crippen molar-refractivity contribution in [3.63, 3.8) is 0 Å². The zero-order valence-corrected chi connectivity index (χ0v) is 11.7. The lowest BCUT2D eigenvalue weighted by molar-refractivity contribution is 0.481. The van der Waals surface area contributed by atoms with Gasteiger partial charge in [0.05, 0.1) is 10.6 Å². The maximum atomic E-state index is 7.57. The van der Waals surface area contributed by atoms with Gasteiger partial charge in [-0.3, -0.25) is 5.41 Å². The largest absolute Gasteiger partial charge is 0.455 e. The number of nitrogens with two attached hydrogens (primary N) is 1. The Bertz CT molecular complexity index is 641. The Balaban J connectivity index is 2.40. The van der Waals surface area contributed by atoms with Crippen molar-refractivity contribution in [2.45, 2.75) is 6.92 Å². The zero-order valence-electron chi connectivity index (χ0n) is 10.2. The van der Waals surface area contributed by atoms with Crippen molar-refractivity contribution >= 4 is 29.0 Å². The third-order valence-electron chi connectivity index (χ3n) is 2.54. The van der Waals surface area contributed by atoms with Crippen molar-refractivity contribution in [3.05, 3.63) is 57.6 Å². The van der Waals surface area contributed by atoms with Gasteiger partial charge >= 0.3 is 0 Å². The lowest BCUT2D eigenvalue weighted by atomic mass is 10.1. The Morgan fingerprint density at radius 3 is 2.42 bits per heavy atom. The summed E-state index contributed by atoms with van der Waals surface area (Å²) in [7, 11) is 0. The number of amidine groups is 1. The van der Waals surface area contributed by atoms with Gasteiger partial charge in [-0.15, -0.1) is 0 Å². The fraction of sp³-hybridized carbons (Fsp3) is 0.0714. The molecule has 0 spiro atoms. The standard InChI is InChI=1S/C14H12Cl2N2O/c1-8-2-4-12(10(6-8)14(17)18)19-13-5-3-9(15)7-11(13)16/h2-7H,1H3,(H3,17,18). The topological polar surface area (TPSA) is 59.1 Å². The van der Waals surface area contributed by atoms with Crippen LogP contribution >= 0.6 is 23.2 Å². The molecule has 19 heavy (non-hydrogen) atoms. The lowest BCUT2D eigenvalue weighted by Gasteiger charge is -2.12. The molecule has 0 unspecified atom stereocenters. The summed E-state index contributed by atoms with van der Waals surface area (Å²) in [6.45, 7) is 1.92. The molecule has 2 rings (SSSR count). The smallest absolute Gasteiger partial charge is 0.146 e. The van der Waals surface area contributed by atoms with Crippen LogP contribution in [0.3, 0.4) is 0 Å². The molecule has 0 aliphatic rings. The summed E-state index contributed by atoms with van der Waals surface area (Å²) in [5.74, 6) is 0.906. The van der Waals surface area contributed by atoms with Crippen LogP contribution < -0.4 is 10.5 Å². The molecule has 3 N–H and O–H groups in total. The predicted octanol–water partition coefficient (Wildman–Crippen LogP) is 4.38. The first-order valence-corrected chi connectivity index (χ1v) is 6.31. The van der Waals surface area contributed by atoms with E-state index < -0.39 is 0 Å². The van der Waals surface area contributed by atoms with E-state index in [-0.39, 0.29) is 5.84 Å². The predicted molar refractivity (Wildman–Crippen MR) is 78.7 cm³/mol. The Labute approximate surface area is 121 Å². The van der Waals surface area contributed by atoms with Crippen molar-refractivity contribution in [2.24, 2.45) is 5.73 Å². The van der Waals surface area contributed by atoms with Crippen LogP contribution in [-0.2, 0) is 0 Å². The van der Waals surface area contributed by atoms with Crippen molar-refractivity contribution in [2.75, 3.05) is 0 Å². The quantitative estimate of drug-likeness (QED) is 0.652. The van der Waals surface area contributed by atoms with E-state index in [4.69, 9.17) is 39.1 Å². The highest BCUT2D eigenvalue weighted by atomic mass is 35.5. The Morgan fingerprint density at radius 1 is 1.11 bits per heavy atom. The summed E-state index contributed by atoms with van der Waals surface area (Å²) in [6.07, 6.45) is 0. The third kappa shape index (κ3) is 3.19. The molecule has 0 radical (unpaired) electrons. The molecular formula is C14H12Cl2N2O. The van der Waals surface area contributed by atoms with E-state index in [2.05, 4.69) is 0 Å². The van der Waals surface area contributed by atoms with Gasteiger partial charge in [-0.2, -0.15) is 0 Å². The monoisotopic (exact) mass is 294 g/mol. The number of ether oxygens (including phenoxy) is 1. The van der Waals surface area contributed by atoms with Crippen molar-refractivity contribution in [1.82, 2.24) is 0 Å². The molecule has 0 saturated carbocycles. The van der Waals surface area contributed by atoms with Crippen LogP contribution in [0.2, 0.25) is 10.0 Å². The van der Waals surface area contributed by atoms with E-state index in [1.165, 1.54) is 0 Å². The fourth-order valence-electron chi connectivity index (χ4n) is 1.62. The number of aryl methyl sites for hydroxylation is 1. The van der Waals surface area contributed by atoms with Gasteiger partial charge in [0.15, 0.2) is 0 Å². The van der Waals surface area contributed by atoms with Crippen LogP contribution in [0.25, 0.3) is 0 Å². The molecule has 2 aromatic carbocycles. The van der Waals surface area contributed by atoms with E-state index in [9.17, 15) is 0 Å². The molecule has 0 fully saturated rings. The molecule has 5 heteroatoms. The fourth-order valence-corrected chi connectivity index (χ4v) is 2.07. The van der Waals surface area contributed by atoms with Gasteiger partial charge in [0, 0.05) is 5.02 Å². The van der Waals surface area contributed by atoms with E-state index in [0.29, 0.717) is 27.1 Å². The second kappa shape index (κ2) is 5.51. The summed E-state index contributed by atoms with van der Waals surface area (Å²) >= 11 is 11.9. The molecule has 0 bridgehead atoms. The number of nitrogen functional groups attached to an aromatic ring is 1. The van der Waals surface area contributed by atoms with Crippen LogP contribution in [-0.4, -0.2) is 5.84 Å². The molecule has 0 atom stereocenters. The molecule has 0 aliphatic heterocycles. The van der Waals surface area contributed by atoms with Gasteiger partial charge in [0.1, 0.15) is 17.3 Å². The molecule has 0 saturated heterocycles. The maximum absolute atomic E-state index is 7.57. The number of halogens is 2. The summed E-state index contributed by atoms with van der Waals surface area (Å²) in [5.41, 5.74) is 7.08. The average molecular weight is 295 g/mol. The average Bonchev–Trinajstić information content (AvgIpc) is 2.34. The molecule has 0 amide bonds. The number of hydrogen-bond acceptors (Lipinski definition) is 2. The summed E-state index contributed by atoms with van der Waals surface area (Å²) in [6, 6.07) is 10.4. The minimum absolute atomic E-state index is 0.0521. The zero-order chi connectivity index (χ0) is 14.0. The molecule has 2 aromatic rings. The van der Waals surface area contributed by atoms with E-state index in [1.807, 2.05) is 13.0 Å². The van der Waals surface area contributed by atoms with E-state index in [1.54, 1.807) is 30.3 Å². The first kappa shape index (κ1) is 13.7. The second-order valence-electron chi connectivity index (χ2n) is 4.09. The first-order valence-electron chi connectivity index (χ1n) is 5.55. The first-order chi connectivity index (χ1) is 8.97. The number of benzene rings is 2. The normalized spacial score (nSPS) is 10.3. The minimum atomic E-state index is -0.0521. The molecule has 0 aliphatic carbocycles. The van der Waals surface area contributed by atoms with Crippen molar-refractivity contribution in [3.8, 4) is 11.5 Å². The number of hydrogen-bond donors (Lipinski definition) is 2. The maximum Gasteiger partial charge on any atom is 0.146 e. The highest BCUT2D eigenvalue weighted by molar-refractivity contribution is 6.35. The Morgan fingerprint density at radius 2 is 1.79 bits per heavy atom. The number of nitrogens with one attached hydrogen (secondary N) is 1. The van der Waals surface area contributed by atoms with E-state index >= 15 is 0 Å². The van der Waals surface area contributed by atoms with Crippen molar-refractivity contribution < 1.29 is 4.74 Å². The minimum Gasteiger partial charge on any atom is -0.455 e. The molecule has 0 aromatic heterocycles. The molecule has 98 valence electrons.